The van der Waals surface area contributed by atoms with Crippen molar-refractivity contribution in [3.05, 3.63) is 66.7 Å². The second-order valence-electron chi connectivity index (χ2n) is 4.89. The molecule has 0 aromatic heterocycles. The van der Waals surface area contributed by atoms with Crippen LogP contribution < -0.4 is 0 Å². The van der Waals surface area contributed by atoms with Gasteiger partial charge < -0.3 is 10.2 Å². The van der Waals surface area contributed by atoms with Crippen molar-refractivity contribution in [3.8, 4) is 11.5 Å². The number of benzene rings is 2. The van der Waals surface area contributed by atoms with Gasteiger partial charge in [-0.3, -0.25) is 29.8 Å². The van der Waals surface area contributed by atoms with E-state index >= 15 is 0 Å². The van der Waals surface area contributed by atoms with Crippen LogP contribution in [0.5, 0.6) is 11.5 Å². The Labute approximate surface area is 131 Å². The van der Waals surface area contributed by atoms with Crippen molar-refractivity contribution in [2.24, 2.45) is 0 Å². The van der Waals surface area contributed by atoms with Gasteiger partial charge in [0.05, 0.1) is 21.0 Å². The number of rotatable bonds is 2. The fourth-order valence-electron chi connectivity index (χ4n) is 2.61. The second-order valence-corrected chi connectivity index (χ2v) is 4.89. The number of nitro groups is 2. The Balaban J connectivity index is 2.44. The van der Waals surface area contributed by atoms with Crippen LogP contribution in [0.2, 0.25) is 0 Å². The monoisotopic (exact) mass is 330 g/mol. The Hall–Kier alpha value is -3.82. The van der Waals surface area contributed by atoms with E-state index < -0.39 is 61.0 Å². The van der Waals surface area contributed by atoms with Gasteiger partial charge in [-0.2, -0.15) is 0 Å². The number of hydrogen-bond donors (Lipinski definition) is 2. The highest BCUT2D eigenvalue weighted by atomic mass is 16.6. The highest BCUT2D eigenvalue weighted by molar-refractivity contribution is 6.30. The summed E-state index contributed by atoms with van der Waals surface area (Å²) in [6.07, 6.45) is 0. The number of carbonyl (C=O) groups excluding carboxylic acids is 2. The molecule has 10 heteroatoms. The Morgan fingerprint density at radius 3 is 2.12 bits per heavy atom. The van der Waals surface area contributed by atoms with E-state index in [1.54, 1.807) is 0 Å². The predicted octanol–water partition coefficient (Wildman–Crippen LogP) is 1.69. The minimum Gasteiger partial charge on any atom is -0.507 e. The highest BCUT2D eigenvalue weighted by Crippen LogP contribution is 2.45. The van der Waals surface area contributed by atoms with Crippen molar-refractivity contribution in [2.45, 2.75) is 0 Å². The van der Waals surface area contributed by atoms with Gasteiger partial charge in [-0.25, -0.2) is 0 Å². The number of fused-ring (bicyclic) bond motifs is 2. The molecule has 0 spiro atoms. The minimum absolute atomic E-state index is 0.213. The highest BCUT2D eigenvalue weighted by Gasteiger charge is 2.42. The summed E-state index contributed by atoms with van der Waals surface area (Å²) in [5.74, 6) is -3.73. The van der Waals surface area contributed by atoms with Crippen molar-refractivity contribution in [2.75, 3.05) is 0 Å². The summed E-state index contributed by atoms with van der Waals surface area (Å²) in [6.45, 7) is 0. The summed E-state index contributed by atoms with van der Waals surface area (Å²) in [6, 6.07) is 4.23. The normalized spacial score (nSPS) is 12.5. The Morgan fingerprint density at radius 1 is 0.875 bits per heavy atom. The SMILES string of the molecule is O=C1c2cccc(O)c2C(=O)c2c1cc([N+](=O)[O-])c([N+](=O)[O-])c2O. The number of carbonyl (C=O) groups is 2. The molecule has 0 aliphatic heterocycles. The number of hydrogen-bond acceptors (Lipinski definition) is 8. The van der Waals surface area contributed by atoms with E-state index in [9.17, 15) is 40.0 Å². The maximum atomic E-state index is 12.5. The summed E-state index contributed by atoms with van der Waals surface area (Å²) in [4.78, 5) is 44.6. The second kappa shape index (κ2) is 4.84. The lowest BCUT2D eigenvalue weighted by Gasteiger charge is -2.18. The summed E-state index contributed by atoms with van der Waals surface area (Å²) < 4.78 is 0. The average molecular weight is 330 g/mol. The van der Waals surface area contributed by atoms with Gasteiger partial charge in [0.15, 0.2) is 5.78 Å². The zero-order valence-electron chi connectivity index (χ0n) is 11.5. The molecule has 0 amide bonds. The van der Waals surface area contributed by atoms with E-state index in [-0.39, 0.29) is 5.56 Å². The van der Waals surface area contributed by atoms with Crippen LogP contribution in [0.15, 0.2) is 24.3 Å². The maximum absolute atomic E-state index is 12.5. The molecule has 120 valence electrons. The van der Waals surface area contributed by atoms with Gasteiger partial charge in [0.1, 0.15) is 5.75 Å². The first-order valence-corrected chi connectivity index (χ1v) is 6.35. The lowest BCUT2D eigenvalue weighted by Crippen LogP contribution is -2.22. The average Bonchev–Trinajstić information content (AvgIpc) is 2.50. The molecule has 0 radical (unpaired) electrons. The lowest BCUT2D eigenvalue weighted by molar-refractivity contribution is -0.423. The fraction of sp³-hybridized carbons (Fsp3) is 0. The van der Waals surface area contributed by atoms with Crippen LogP contribution >= 0.6 is 0 Å². The molecule has 1 aliphatic rings. The zero-order valence-corrected chi connectivity index (χ0v) is 11.5. The van der Waals surface area contributed by atoms with Gasteiger partial charge in [-0.05, 0) is 6.07 Å². The third-order valence-electron chi connectivity index (χ3n) is 3.62. The van der Waals surface area contributed by atoms with Crippen LogP contribution in [-0.2, 0) is 0 Å². The van der Waals surface area contributed by atoms with Crippen LogP contribution in [0, 0.1) is 20.2 Å². The molecule has 2 aromatic carbocycles. The van der Waals surface area contributed by atoms with Crippen molar-refractivity contribution < 1.29 is 29.6 Å². The third-order valence-corrected chi connectivity index (χ3v) is 3.62. The van der Waals surface area contributed by atoms with Crippen molar-refractivity contribution >= 4 is 22.9 Å². The molecule has 24 heavy (non-hydrogen) atoms. The van der Waals surface area contributed by atoms with E-state index in [0.717, 1.165) is 6.07 Å². The minimum atomic E-state index is -1.29. The zero-order chi connectivity index (χ0) is 17.8. The van der Waals surface area contributed by atoms with E-state index in [1.807, 2.05) is 0 Å². The lowest BCUT2D eigenvalue weighted by atomic mass is 9.82. The topological polar surface area (TPSA) is 161 Å². The molecule has 0 heterocycles. The summed E-state index contributed by atoms with van der Waals surface area (Å²) in [5, 5.41) is 41.9. The molecule has 10 nitrogen and oxygen atoms in total. The van der Waals surface area contributed by atoms with Crippen LogP contribution in [0.4, 0.5) is 11.4 Å². The van der Waals surface area contributed by atoms with E-state index in [0.29, 0.717) is 6.07 Å². The molecular formula is C14H6N2O8. The van der Waals surface area contributed by atoms with Gasteiger partial charge in [0.2, 0.25) is 11.5 Å². The largest absolute Gasteiger partial charge is 0.507 e. The van der Waals surface area contributed by atoms with Gasteiger partial charge in [0.25, 0.3) is 0 Å². The number of nitrogens with zero attached hydrogens (tertiary/aromatic N) is 2. The molecule has 3 rings (SSSR count). The van der Waals surface area contributed by atoms with Gasteiger partial charge in [-0.1, -0.05) is 12.1 Å². The summed E-state index contributed by atoms with van der Waals surface area (Å²) >= 11 is 0. The number of nitro benzene ring substituents is 2. The Bertz CT molecular complexity index is 979. The predicted molar refractivity (Wildman–Crippen MR) is 76.4 cm³/mol. The molecule has 0 bridgehead atoms. The first kappa shape index (κ1) is 15.1. The summed E-state index contributed by atoms with van der Waals surface area (Å²) in [7, 11) is 0. The first-order valence-electron chi connectivity index (χ1n) is 6.35. The molecule has 0 atom stereocenters. The van der Waals surface area contributed by atoms with Crippen molar-refractivity contribution in [1.82, 2.24) is 0 Å². The van der Waals surface area contributed by atoms with E-state index in [1.165, 1.54) is 12.1 Å². The molecule has 0 unspecified atom stereocenters. The van der Waals surface area contributed by atoms with Crippen molar-refractivity contribution in [1.29, 1.82) is 0 Å². The molecular weight excluding hydrogens is 324 g/mol. The number of phenols is 2. The van der Waals surface area contributed by atoms with E-state index in [4.69, 9.17) is 0 Å². The molecule has 0 saturated heterocycles. The van der Waals surface area contributed by atoms with Gasteiger partial charge >= 0.3 is 11.4 Å². The van der Waals surface area contributed by atoms with Gasteiger partial charge in [-0.15, -0.1) is 0 Å². The quantitative estimate of drug-likeness (QED) is 0.530. The molecule has 2 N–H and O–H groups in total. The van der Waals surface area contributed by atoms with Crippen LogP contribution in [-0.4, -0.2) is 31.6 Å². The fourth-order valence-corrected chi connectivity index (χ4v) is 2.61. The van der Waals surface area contributed by atoms with Crippen LogP contribution in [0.3, 0.4) is 0 Å². The van der Waals surface area contributed by atoms with E-state index in [2.05, 4.69) is 0 Å². The molecule has 0 fully saturated rings. The molecule has 1 aliphatic carbocycles. The van der Waals surface area contributed by atoms with Gasteiger partial charge in [0, 0.05) is 17.2 Å². The summed E-state index contributed by atoms with van der Waals surface area (Å²) in [5.41, 5.74) is -4.32. The smallest absolute Gasteiger partial charge is 0.387 e. The van der Waals surface area contributed by atoms with Crippen LogP contribution in [0.1, 0.15) is 31.8 Å². The molecule has 2 aromatic rings. The van der Waals surface area contributed by atoms with Crippen LogP contribution in [0.25, 0.3) is 0 Å². The third kappa shape index (κ3) is 1.83. The molecule has 0 saturated carbocycles. The Morgan fingerprint density at radius 2 is 1.54 bits per heavy atom. The maximum Gasteiger partial charge on any atom is 0.387 e. The standard InChI is InChI=1S/C14H6N2O8/c17-8-3-1-2-5-9(8)13(19)10-6(12(5)18)4-7(15(21)22)11(14(10)20)16(23)24/h1-4,17,20H. The number of phenolic OH excluding ortho intramolecular Hbond substituents is 2. The first-order chi connectivity index (χ1) is 11.3. The number of ketones is 2. The number of aromatic hydroxyl groups is 2. The van der Waals surface area contributed by atoms with Crippen molar-refractivity contribution in [3.63, 3.8) is 0 Å². The Kier molecular flexibility index (Phi) is 3.04.